The molecule has 0 aliphatic rings. The van der Waals surface area contributed by atoms with E-state index in [0.29, 0.717) is 0 Å². The predicted octanol–water partition coefficient (Wildman–Crippen LogP) is -9.13. The minimum absolute atomic E-state index is 0. The molecule has 0 rings (SSSR count). The van der Waals surface area contributed by atoms with E-state index in [9.17, 15) is 71.9 Å². The first-order valence-corrected chi connectivity index (χ1v) is 15.9. The molecule has 0 aromatic heterocycles. The average molecular weight is 985 g/mol. The molecule has 0 saturated heterocycles. The van der Waals surface area contributed by atoms with Gasteiger partial charge in [-0.15, -0.1) is 0 Å². The van der Waals surface area contributed by atoms with Crippen LogP contribution in [0.5, 0.6) is 0 Å². The van der Waals surface area contributed by atoms with E-state index in [2.05, 4.69) is 0 Å². The van der Waals surface area contributed by atoms with Gasteiger partial charge in [-0.25, -0.2) is 24.0 Å². The molecule has 0 bridgehead atoms. The third-order valence-electron chi connectivity index (χ3n) is 6.43. The molecule has 20 N–H and O–H groups in total. The number of aliphatic hydroxyl groups is 5. The third kappa shape index (κ3) is 33.4. The van der Waals surface area contributed by atoms with Crippen molar-refractivity contribution in [2.75, 3.05) is 0 Å². The normalized spacial score (nSPS) is 10.7. The van der Waals surface area contributed by atoms with Crippen LogP contribution >= 0.6 is 0 Å². The van der Waals surface area contributed by atoms with Crippen LogP contribution in [0.2, 0.25) is 0 Å². The Hall–Kier alpha value is -7.15. The van der Waals surface area contributed by atoms with E-state index in [4.69, 9.17) is 102 Å². The predicted molar refractivity (Wildman–Crippen MR) is 187 cm³/mol. The zero-order chi connectivity index (χ0) is 53.2. The van der Waals surface area contributed by atoms with Gasteiger partial charge in [0.25, 0.3) is 0 Å². The van der Waals surface area contributed by atoms with Crippen LogP contribution < -0.4 is 29.6 Å². The van der Waals surface area contributed by atoms with Crippen molar-refractivity contribution < 1.29 is 205 Å². The Kier molecular flexibility index (Phi) is 33.0. The Morgan fingerprint density at radius 2 is 0.273 bits per heavy atom. The molecule has 0 spiro atoms. The summed E-state index contributed by atoms with van der Waals surface area (Å²) >= 11 is 0. The molecular formula is C30H41NaO35. The van der Waals surface area contributed by atoms with E-state index < -0.39 is 182 Å². The van der Waals surface area contributed by atoms with E-state index in [-0.39, 0.29) is 31.0 Å². The molecule has 35 nitrogen and oxygen atoms in total. The molecule has 0 radical (unpaired) electrons. The van der Waals surface area contributed by atoms with Crippen molar-refractivity contribution in [3.63, 3.8) is 0 Å². The van der Waals surface area contributed by atoms with Crippen LogP contribution in [0.15, 0.2) is 0 Å². The Morgan fingerprint density at radius 1 is 0.212 bits per heavy atom. The van der Waals surface area contributed by atoms with Gasteiger partial charge in [-0.05, 0) is 0 Å². The van der Waals surface area contributed by atoms with Crippen molar-refractivity contribution >= 4 is 89.5 Å². The summed E-state index contributed by atoms with van der Waals surface area (Å²) in [6.07, 6.45) is -11.4. The molecule has 36 heteroatoms. The van der Waals surface area contributed by atoms with E-state index in [1.165, 1.54) is 0 Å². The van der Waals surface area contributed by atoms with E-state index in [0.717, 1.165) is 0 Å². The number of carboxylic acids is 15. The zero-order valence-electron chi connectivity index (χ0n) is 34.1. The van der Waals surface area contributed by atoms with E-state index in [1.54, 1.807) is 0 Å². The third-order valence-corrected chi connectivity index (χ3v) is 6.43. The summed E-state index contributed by atoms with van der Waals surface area (Å²) in [6.45, 7) is 0. The Morgan fingerprint density at radius 3 is 0.303 bits per heavy atom. The maximum absolute atomic E-state index is 10.3. The molecule has 66 heavy (non-hydrogen) atoms. The maximum atomic E-state index is 10.3. The standard InChI is InChI=1S/5C6H8O7.Na.H/c5*7-3(8)1-6(13,5(11)12)2-4(9)10;;/h5*13H,1-2H2,(H,7,8)(H,9,10)(H,11,12);;/q;;;;;+1;-1. The van der Waals surface area contributed by atoms with Gasteiger partial charge in [0.15, 0.2) is 28.0 Å². The zero-order valence-corrected chi connectivity index (χ0v) is 35.1. The Bertz CT molecular complexity index is 1450. The van der Waals surface area contributed by atoms with Crippen LogP contribution in [0.25, 0.3) is 0 Å². The summed E-state index contributed by atoms with van der Waals surface area (Å²) in [4.78, 5) is 152. The van der Waals surface area contributed by atoms with Crippen molar-refractivity contribution in [2.45, 2.75) is 92.2 Å². The fourth-order valence-electron chi connectivity index (χ4n) is 3.57. The van der Waals surface area contributed by atoms with Crippen LogP contribution in [0.4, 0.5) is 0 Å². The van der Waals surface area contributed by atoms with Gasteiger partial charge in [-0.2, -0.15) is 0 Å². The monoisotopic (exact) mass is 984 g/mol. The van der Waals surface area contributed by atoms with Gasteiger partial charge < -0.3 is 104 Å². The first kappa shape index (κ1) is 70.5. The fourth-order valence-corrected chi connectivity index (χ4v) is 3.57. The van der Waals surface area contributed by atoms with Crippen LogP contribution in [0.3, 0.4) is 0 Å². The molecule has 0 atom stereocenters. The van der Waals surface area contributed by atoms with Crippen LogP contribution in [-0.4, -0.2) is 220 Å². The molecule has 0 aliphatic carbocycles. The molecule has 372 valence electrons. The van der Waals surface area contributed by atoms with Gasteiger partial charge in [0, 0.05) is 0 Å². The van der Waals surface area contributed by atoms with Crippen molar-refractivity contribution in [3.8, 4) is 0 Å². The summed E-state index contributed by atoms with van der Waals surface area (Å²) in [5, 5.41) is 169. The average Bonchev–Trinajstić information content (AvgIpc) is 3.01. The van der Waals surface area contributed by atoms with Crippen LogP contribution in [-0.2, 0) is 71.9 Å². The van der Waals surface area contributed by atoms with Crippen molar-refractivity contribution in [1.82, 2.24) is 0 Å². The summed E-state index contributed by atoms with van der Waals surface area (Å²) in [5.74, 6) is -25.1. The first-order valence-electron chi connectivity index (χ1n) is 15.9. The van der Waals surface area contributed by atoms with Crippen molar-refractivity contribution in [2.24, 2.45) is 0 Å². The molecule has 0 aromatic rings. The van der Waals surface area contributed by atoms with Gasteiger partial charge in [-0.3, -0.25) is 47.9 Å². The number of carbonyl (C=O) groups is 15. The number of rotatable bonds is 25. The first-order chi connectivity index (χ1) is 28.9. The van der Waals surface area contributed by atoms with Gasteiger partial charge in [0.1, 0.15) is 0 Å². The van der Waals surface area contributed by atoms with Gasteiger partial charge in [0.2, 0.25) is 0 Å². The quantitative estimate of drug-likeness (QED) is 0.0378. The van der Waals surface area contributed by atoms with Gasteiger partial charge in [-0.1, -0.05) is 0 Å². The number of aliphatic carboxylic acids is 15. The summed E-state index contributed by atoms with van der Waals surface area (Å²) in [7, 11) is 0. The SMILES string of the molecule is O=C(O)CC(O)(CC(=O)O)C(=O)O.O=C(O)CC(O)(CC(=O)O)C(=O)O.O=C(O)CC(O)(CC(=O)O)C(=O)O.O=C(O)CC(O)(CC(=O)O)C(=O)O.O=C(O)CC(O)(CC(=O)O)C(=O)O.[H-].[Na+]. The van der Waals surface area contributed by atoms with Crippen LogP contribution in [0.1, 0.15) is 65.6 Å². The Balaban J connectivity index is -0.000000133. The maximum Gasteiger partial charge on any atom is 1.00 e. The Labute approximate surface area is 386 Å². The number of hydrogen-bond acceptors (Lipinski definition) is 20. The largest absolute Gasteiger partial charge is 1.00 e. The second kappa shape index (κ2) is 30.8. The summed E-state index contributed by atoms with van der Waals surface area (Å²) in [5.41, 5.74) is -13.7. The molecule has 0 aromatic carbocycles. The number of hydrogen-bond donors (Lipinski definition) is 20. The smallest absolute Gasteiger partial charge is 1.00 e. The van der Waals surface area contributed by atoms with Gasteiger partial charge in [0.05, 0.1) is 64.2 Å². The van der Waals surface area contributed by atoms with E-state index in [1.807, 2.05) is 0 Å². The second-order valence-corrected chi connectivity index (χ2v) is 12.4. The minimum atomic E-state index is -2.74. The molecule has 0 unspecified atom stereocenters. The van der Waals surface area contributed by atoms with Gasteiger partial charge >= 0.3 is 119 Å². The molecule has 0 fully saturated rings. The summed E-state index contributed by atoms with van der Waals surface area (Å²) < 4.78 is 0. The second-order valence-electron chi connectivity index (χ2n) is 12.4. The van der Waals surface area contributed by atoms with Crippen molar-refractivity contribution in [3.05, 3.63) is 0 Å². The fraction of sp³-hybridized carbons (Fsp3) is 0.500. The summed E-state index contributed by atoms with van der Waals surface area (Å²) in [6, 6.07) is 0. The molecule has 0 aliphatic heterocycles. The minimum Gasteiger partial charge on any atom is -1.00 e. The molecule has 0 amide bonds. The van der Waals surface area contributed by atoms with Crippen LogP contribution in [0, 0.1) is 0 Å². The van der Waals surface area contributed by atoms with Crippen molar-refractivity contribution in [1.29, 1.82) is 0 Å². The topological polar surface area (TPSA) is 661 Å². The molecular weight excluding hydrogens is 943 g/mol. The number of carboxylic acid groups (broad SMARTS) is 15. The molecule has 0 heterocycles. The van der Waals surface area contributed by atoms with E-state index >= 15 is 0 Å². The molecule has 0 saturated carbocycles.